The van der Waals surface area contributed by atoms with Crippen LogP contribution in [0.1, 0.15) is 36.5 Å². The van der Waals surface area contributed by atoms with Gasteiger partial charge in [0.1, 0.15) is 0 Å². The molecule has 2 aromatic rings. The van der Waals surface area contributed by atoms with E-state index in [2.05, 4.69) is 33.5 Å². The zero-order valence-corrected chi connectivity index (χ0v) is 18.9. The van der Waals surface area contributed by atoms with E-state index in [9.17, 15) is 14.4 Å². The minimum absolute atomic E-state index is 0.0298. The first kappa shape index (κ1) is 22.3. The molecule has 1 heterocycles. The van der Waals surface area contributed by atoms with E-state index in [1.54, 1.807) is 47.4 Å². The molecule has 1 atom stereocenters. The molecular formula is C22H23BrClN3O3. The number of carbonyl (C=O) groups is 3. The Morgan fingerprint density at radius 1 is 1.17 bits per heavy atom. The van der Waals surface area contributed by atoms with Crippen LogP contribution in [0.25, 0.3) is 0 Å². The van der Waals surface area contributed by atoms with Gasteiger partial charge >= 0.3 is 0 Å². The first-order valence-electron chi connectivity index (χ1n) is 9.82. The van der Waals surface area contributed by atoms with Crippen molar-refractivity contribution < 1.29 is 14.4 Å². The molecule has 30 heavy (non-hydrogen) atoms. The van der Waals surface area contributed by atoms with Gasteiger partial charge in [-0.3, -0.25) is 14.4 Å². The van der Waals surface area contributed by atoms with Crippen LogP contribution in [0.2, 0.25) is 5.02 Å². The highest BCUT2D eigenvalue weighted by molar-refractivity contribution is 9.10. The van der Waals surface area contributed by atoms with Gasteiger partial charge in [0.25, 0.3) is 5.91 Å². The second-order valence-electron chi connectivity index (χ2n) is 7.24. The summed E-state index contributed by atoms with van der Waals surface area (Å²) in [5.41, 5.74) is 1.53. The Morgan fingerprint density at radius 3 is 2.57 bits per heavy atom. The van der Waals surface area contributed by atoms with Gasteiger partial charge in [0.2, 0.25) is 11.8 Å². The zero-order valence-electron chi connectivity index (χ0n) is 16.6. The van der Waals surface area contributed by atoms with Crippen LogP contribution in [0.4, 0.5) is 11.4 Å². The minimum atomic E-state index is -0.350. The van der Waals surface area contributed by atoms with Crippen LogP contribution in [-0.4, -0.2) is 35.7 Å². The summed E-state index contributed by atoms with van der Waals surface area (Å²) in [5, 5.41) is 6.03. The molecule has 3 rings (SSSR count). The number of rotatable bonds is 7. The van der Waals surface area contributed by atoms with Gasteiger partial charge in [-0.1, -0.05) is 40.9 Å². The molecule has 2 aromatic carbocycles. The molecule has 1 aliphatic rings. The monoisotopic (exact) mass is 491 g/mol. The Labute approximate surface area is 189 Å². The van der Waals surface area contributed by atoms with E-state index >= 15 is 0 Å². The van der Waals surface area contributed by atoms with E-state index in [0.29, 0.717) is 35.1 Å². The Kier molecular flexibility index (Phi) is 7.50. The van der Waals surface area contributed by atoms with E-state index in [1.165, 1.54) is 0 Å². The maximum atomic E-state index is 12.5. The molecule has 8 heteroatoms. The average Bonchev–Trinajstić information content (AvgIpc) is 3.09. The SMILES string of the molecule is CCCCN1CC(C(=O)Nc2ccc(C(=O)Nc3ccc(Br)cc3Cl)cc2)CC1=O. The fraction of sp³-hybridized carbons (Fsp3) is 0.318. The van der Waals surface area contributed by atoms with Crippen molar-refractivity contribution in [2.24, 2.45) is 5.92 Å². The lowest BCUT2D eigenvalue weighted by Gasteiger charge is -2.16. The summed E-state index contributed by atoms with van der Waals surface area (Å²) in [6.07, 6.45) is 2.19. The highest BCUT2D eigenvalue weighted by Crippen LogP contribution is 2.26. The van der Waals surface area contributed by atoms with Gasteiger partial charge in [0.05, 0.1) is 16.6 Å². The van der Waals surface area contributed by atoms with E-state index in [4.69, 9.17) is 11.6 Å². The van der Waals surface area contributed by atoms with E-state index in [0.717, 1.165) is 17.3 Å². The van der Waals surface area contributed by atoms with Crippen molar-refractivity contribution in [2.75, 3.05) is 23.7 Å². The third-order valence-electron chi connectivity index (χ3n) is 4.96. The summed E-state index contributed by atoms with van der Waals surface area (Å²) >= 11 is 9.46. The highest BCUT2D eigenvalue weighted by atomic mass is 79.9. The third-order valence-corrected chi connectivity index (χ3v) is 5.77. The quantitative estimate of drug-likeness (QED) is 0.574. The summed E-state index contributed by atoms with van der Waals surface area (Å²) < 4.78 is 0.822. The van der Waals surface area contributed by atoms with Gasteiger partial charge in [0.15, 0.2) is 0 Å². The number of benzene rings is 2. The van der Waals surface area contributed by atoms with Crippen LogP contribution in [0.3, 0.4) is 0 Å². The van der Waals surface area contributed by atoms with Crippen LogP contribution in [0.15, 0.2) is 46.9 Å². The topological polar surface area (TPSA) is 78.5 Å². The van der Waals surface area contributed by atoms with Crippen LogP contribution in [0, 0.1) is 5.92 Å². The van der Waals surface area contributed by atoms with Gasteiger partial charge in [0, 0.05) is 35.2 Å². The van der Waals surface area contributed by atoms with E-state index < -0.39 is 0 Å². The van der Waals surface area contributed by atoms with Crippen molar-refractivity contribution in [3.8, 4) is 0 Å². The second kappa shape index (κ2) is 10.1. The molecule has 6 nitrogen and oxygen atoms in total. The van der Waals surface area contributed by atoms with Crippen LogP contribution < -0.4 is 10.6 Å². The van der Waals surface area contributed by atoms with Gasteiger partial charge < -0.3 is 15.5 Å². The fourth-order valence-electron chi connectivity index (χ4n) is 3.25. The number of hydrogen-bond acceptors (Lipinski definition) is 3. The molecule has 1 saturated heterocycles. The molecule has 0 aromatic heterocycles. The smallest absolute Gasteiger partial charge is 0.255 e. The number of likely N-dealkylation sites (tertiary alicyclic amines) is 1. The molecule has 2 N–H and O–H groups in total. The molecule has 0 bridgehead atoms. The number of hydrogen-bond donors (Lipinski definition) is 2. The third kappa shape index (κ3) is 5.61. The van der Waals surface area contributed by atoms with Crippen molar-refractivity contribution in [3.63, 3.8) is 0 Å². The summed E-state index contributed by atoms with van der Waals surface area (Å²) in [6, 6.07) is 11.8. The summed E-state index contributed by atoms with van der Waals surface area (Å²) in [7, 11) is 0. The lowest BCUT2D eigenvalue weighted by atomic mass is 10.1. The number of halogens is 2. The van der Waals surface area contributed by atoms with Crippen molar-refractivity contribution in [1.29, 1.82) is 0 Å². The maximum absolute atomic E-state index is 12.5. The number of amides is 3. The van der Waals surface area contributed by atoms with Crippen LogP contribution in [-0.2, 0) is 9.59 Å². The van der Waals surface area contributed by atoms with Crippen molar-refractivity contribution in [1.82, 2.24) is 4.90 Å². The standard InChI is InChI=1S/C22H23BrClN3O3/c1-2-3-10-27-13-15(11-20(27)28)22(30)25-17-7-4-14(5-8-17)21(29)26-19-9-6-16(23)12-18(19)24/h4-9,12,15H,2-3,10-11,13H2,1H3,(H,25,30)(H,26,29). The van der Waals surface area contributed by atoms with Gasteiger partial charge in [-0.15, -0.1) is 0 Å². The predicted octanol–water partition coefficient (Wildman–Crippen LogP) is 4.94. The zero-order chi connectivity index (χ0) is 21.7. The second-order valence-corrected chi connectivity index (χ2v) is 8.56. The van der Waals surface area contributed by atoms with Crippen molar-refractivity contribution >= 4 is 56.6 Å². The Morgan fingerprint density at radius 2 is 1.90 bits per heavy atom. The molecule has 1 fully saturated rings. The van der Waals surface area contributed by atoms with Gasteiger partial charge in [-0.25, -0.2) is 0 Å². The molecule has 0 aliphatic carbocycles. The Balaban J connectivity index is 1.57. The van der Waals surface area contributed by atoms with Crippen LogP contribution in [0.5, 0.6) is 0 Å². The molecule has 158 valence electrons. The highest BCUT2D eigenvalue weighted by Gasteiger charge is 2.33. The lowest BCUT2D eigenvalue weighted by Crippen LogP contribution is -2.29. The first-order valence-corrected chi connectivity index (χ1v) is 11.0. The fourth-order valence-corrected chi connectivity index (χ4v) is 3.97. The normalized spacial score (nSPS) is 15.9. The van der Waals surface area contributed by atoms with Crippen LogP contribution >= 0.6 is 27.5 Å². The molecule has 1 unspecified atom stereocenters. The molecular weight excluding hydrogens is 470 g/mol. The average molecular weight is 493 g/mol. The molecule has 0 spiro atoms. The van der Waals surface area contributed by atoms with Crippen molar-refractivity contribution in [3.05, 3.63) is 57.5 Å². The summed E-state index contributed by atoms with van der Waals surface area (Å²) in [6.45, 7) is 3.23. The van der Waals surface area contributed by atoms with Gasteiger partial charge in [-0.2, -0.15) is 0 Å². The van der Waals surface area contributed by atoms with Gasteiger partial charge in [-0.05, 0) is 48.9 Å². The first-order chi connectivity index (χ1) is 14.4. The van der Waals surface area contributed by atoms with E-state index in [1.807, 2.05) is 0 Å². The summed E-state index contributed by atoms with van der Waals surface area (Å²) in [4.78, 5) is 38.8. The Hall–Kier alpha value is -2.38. The minimum Gasteiger partial charge on any atom is -0.342 e. The molecule has 1 aliphatic heterocycles. The largest absolute Gasteiger partial charge is 0.342 e. The molecule has 0 saturated carbocycles. The predicted molar refractivity (Wildman–Crippen MR) is 122 cm³/mol. The summed E-state index contributed by atoms with van der Waals surface area (Å²) in [5.74, 6) is -0.801. The van der Waals surface area contributed by atoms with E-state index in [-0.39, 0.29) is 30.1 Å². The number of carbonyl (C=O) groups excluding carboxylic acids is 3. The number of nitrogens with zero attached hydrogens (tertiary/aromatic N) is 1. The molecule has 0 radical (unpaired) electrons. The number of anilines is 2. The van der Waals surface area contributed by atoms with Crippen molar-refractivity contribution in [2.45, 2.75) is 26.2 Å². The number of nitrogens with one attached hydrogen (secondary N) is 2. The maximum Gasteiger partial charge on any atom is 0.255 e. The molecule has 3 amide bonds. The number of unbranched alkanes of at least 4 members (excludes halogenated alkanes) is 1. The Bertz CT molecular complexity index is 949. The lowest BCUT2D eigenvalue weighted by molar-refractivity contribution is -0.128.